The van der Waals surface area contributed by atoms with E-state index in [-0.39, 0.29) is 0 Å². The van der Waals surface area contributed by atoms with E-state index in [1.54, 1.807) is 7.05 Å². The minimum atomic E-state index is -0.483. The zero-order valence-corrected chi connectivity index (χ0v) is 14.0. The topological polar surface area (TPSA) is 79.7 Å². The van der Waals surface area contributed by atoms with E-state index in [4.69, 9.17) is 4.74 Å². The summed E-state index contributed by atoms with van der Waals surface area (Å²) in [6.45, 7) is 2.17. The third kappa shape index (κ3) is 8.67. The minimum Gasteiger partial charge on any atom is -0.494 e. The Hall–Kier alpha value is -2.28. The first-order valence-corrected chi connectivity index (χ1v) is 7.64. The van der Waals surface area contributed by atoms with Crippen molar-refractivity contribution in [2.24, 2.45) is 0 Å². The Labute approximate surface area is 137 Å². The van der Waals surface area contributed by atoms with Gasteiger partial charge >= 0.3 is 0 Å². The molecule has 0 heterocycles. The Morgan fingerprint density at radius 1 is 1.39 bits per heavy atom. The minimum absolute atomic E-state index is 0.410. The lowest BCUT2D eigenvalue weighted by Gasteiger charge is -2.12. The molecule has 0 spiro atoms. The Balaban J connectivity index is 2.23. The van der Waals surface area contributed by atoms with Crippen molar-refractivity contribution in [3.8, 4) is 5.75 Å². The van der Waals surface area contributed by atoms with Crippen LogP contribution in [0.15, 0.2) is 36.3 Å². The van der Waals surface area contributed by atoms with E-state index in [0.717, 1.165) is 31.3 Å². The van der Waals surface area contributed by atoms with E-state index in [2.05, 4.69) is 27.7 Å². The van der Waals surface area contributed by atoms with Crippen LogP contribution in [0.4, 0.5) is 0 Å². The van der Waals surface area contributed by atoms with Gasteiger partial charge in [-0.05, 0) is 44.6 Å². The third-order valence-electron chi connectivity index (χ3n) is 3.06. The van der Waals surface area contributed by atoms with Gasteiger partial charge in [0.05, 0.1) is 11.5 Å². The molecule has 1 aromatic carbocycles. The van der Waals surface area contributed by atoms with E-state index in [0.29, 0.717) is 19.0 Å². The first kappa shape index (κ1) is 18.8. The molecule has 0 aliphatic heterocycles. The van der Waals surface area contributed by atoms with Gasteiger partial charge < -0.3 is 20.3 Å². The van der Waals surface area contributed by atoms with E-state index < -0.39 is 4.92 Å². The number of benzene rings is 1. The number of nitrogens with zero attached hydrogens (tertiary/aromatic N) is 2. The molecule has 0 fully saturated rings. The van der Waals surface area contributed by atoms with E-state index >= 15 is 0 Å². The average molecular weight is 322 g/mol. The SMILES string of the molecule is CN/C(=C\[N+](=O)[O-])NCCCCOc1cccc(CN(C)C)c1. The fourth-order valence-corrected chi connectivity index (χ4v) is 2.04. The number of ether oxygens (including phenoxy) is 1. The fraction of sp³-hybridized carbons (Fsp3) is 0.500. The molecule has 2 N–H and O–H groups in total. The zero-order valence-electron chi connectivity index (χ0n) is 14.0. The Bertz CT molecular complexity index is 518. The van der Waals surface area contributed by atoms with Gasteiger partial charge in [-0.3, -0.25) is 10.1 Å². The van der Waals surface area contributed by atoms with Gasteiger partial charge in [-0.1, -0.05) is 12.1 Å². The van der Waals surface area contributed by atoms with E-state index in [9.17, 15) is 10.1 Å². The van der Waals surface area contributed by atoms with Crippen molar-refractivity contribution in [2.75, 3.05) is 34.3 Å². The molecule has 0 saturated carbocycles. The average Bonchev–Trinajstić information content (AvgIpc) is 2.48. The van der Waals surface area contributed by atoms with Crippen LogP contribution in [0.3, 0.4) is 0 Å². The fourth-order valence-electron chi connectivity index (χ4n) is 2.04. The highest BCUT2D eigenvalue weighted by Crippen LogP contribution is 2.14. The predicted molar refractivity (Wildman–Crippen MR) is 90.7 cm³/mol. The first-order valence-electron chi connectivity index (χ1n) is 7.64. The van der Waals surface area contributed by atoms with Gasteiger partial charge in [0.2, 0.25) is 0 Å². The largest absolute Gasteiger partial charge is 0.494 e. The van der Waals surface area contributed by atoms with Crippen LogP contribution >= 0.6 is 0 Å². The molecule has 7 nitrogen and oxygen atoms in total. The van der Waals surface area contributed by atoms with Crippen molar-refractivity contribution in [3.05, 3.63) is 52.0 Å². The monoisotopic (exact) mass is 322 g/mol. The lowest BCUT2D eigenvalue weighted by molar-refractivity contribution is -0.404. The molecule has 0 saturated heterocycles. The van der Waals surface area contributed by atoms with Gasteiger partial charge in [0.15, 0.2) is 5.82 Å². The Morgan fingerprint density at radius 2 is 2.17 bits per heavy atom. The third-order valence-corrected chi connectivity index (χ3v) is 3.06. The summed E-state index contributed by atoms with van der Waals surface area (Å²) in [6, 6.07) is 8.09. The lowest BCUT2D eigenvalue weighted by Crippen LogP contribution is -2.25. The van der Waals surface area contributed by atoms with Crippen molar-refractivity contribution in [2.45, 2.75) is 19.4 Å². The molecule has 0 unspecified atom stereocenters. The number of hydrogen-bond acceptors (Lipinski definition) is 6. The second-order valence-corrected chi connectivity index (χ2v) is 5.45. The molecular formula is C16H26N4O3. The molecule has 0 aromatic heterocycles. The van der Waals surface area contributed by atoms with Crippen molar-refractivity contribution >= 4 is 0 Å². The molecule has 0 radical (unpaired) electrons. The van der Waals surface area contributed by atoms with Gasteiger partial charge in [0, 0.05) is 20.1 Å². The summed E-state index contributed by atoms with van der Waals surface area (Å²) in [5.41, 5.74) is 1.22. The predicted octanol–water partition coefficient (Wildman–Crippen LogP) is 1.79. The van der Waals surface area contributed by atoms with Crippen LogP contribution in [0.2, 0.25) is 0 Å². The summed E-state index contributed by atoms with van der Waals surface area (Å²) in [6.07, 6.45) is 2.67. The number of rotatable bonds is 11. The maximum absolute atomic E-state index is 10.4. The van der Waals surface area contributed by atoms with Gasteiger partial charge in [-0.2, -0.15) is 0 Å². The molecule has 1 rings (SSSR count). The smallest absolute Gasteiger partial charge is 0.274 e. The summed E-state index contributed by atoms with van der Waals surface area (Å²) >= 11 is 0. The van der Waals surface area contributed by atoms with Gasteiger partial charge in [0.1, 0.15) is 5.75 Å². The standard InChI is InChI=1S/C16H26N4O3/c1-17-16(13-20(21)22)18-9-4-5-10-23-15-8-6-7-14(11-15)12-19(2)3/h6-8,11,13,17-18H,4-5,9-10,12H2,1-3H3/b16-13+. The molecule has 0 atom stereocenters. The van der Waals surface area contributed by atoms with Crippen LogP contribution in [-0.4, -0.2) is 44.1 Å². The maximum Gasteiger partial charge on any atom is 0.274 e. The molecular weight excluding hydrogens is 296 g/mol. The highest BCUT2D eigenvalue weighted by molar-refractivity contribution is 5.28. The number of nitro groups is 1. The Kier molecular flexibility index (Phi) is 8.52. The second-order valence-electron chi connectivity index (χ2n) is 5.45. The number of nitrogens with one attached hydrogen (secondary N) is 2. The highest BCUT2D eigenvalue weighted by Gasteiger charge is 2.00. The summed E-state index contributed by atoms with van der Waals surface area (Å²) in [5.74, 6) is 1.29. The maximum atomic E-state index is 10.4. The van der Waals surface area contributed by atoms with Crippen molar-refractivity contribution in [1.29, 1.82) is 0 Å². The molecule has 23 heavy (non-hydrogen) atoms. The van der Waals surface area contributed by atoms with E-state index in [1.807, 2.05) is 26.2 Å². The molecule has 1 aromatic rings. The van der Waals surface area contributed by atoms with Gasteiger partial charge in [0.25, 0.3) is 6.20 Å². The van der Waals surface area contributed by atoms with Crippen LogP contribution in [0.5, 0.6) is 5.75 Å². The Morgan fingerprint density at radius 3 is 2.83 bits per heavy atom. The number of unbranched alkanes of at least 4 members (excludes halogenated alkanes) is 1. The van der Waals surface area contributed by atoms with Crippen LogP contribution in [-0.2, 0) is 6.54 Å². The van der Waals surface area contributed by atoms with Crippen molar-refractivity contribution in [1.82, 2.24) is 15.5 Å². The molecule has 128 valence electrons. The molecule has 7 heteroatoms. The second kappa shape index (κ2) is 10.4. The molecule has 0 aliphatic carbocycles. The zero-order chi connectivity index (χ0) is 17.1. The quantitative estimate of drug-likeness (QED) is 0.367. The van der Waals surface area contributed by atoms with Crippen LogP contribution in [0.25, 0.3) is 0 Å². The van der Waals surface area contributed by atoms with Gasteiger partial charge in [-0.25, -0.2) is 0 Å². The molecule has 0 aliphatic rings. The molecule has 0 amide bonds. The summed E-state index contributed by atoms with van der Waals surface area (Å²) in [5, 5.41) is 16.1. The summed E-state index contributed by atoms with van der Waals surface area (Å²) in [4.78, 5) is 12.0. The van der Waals surface area contributed by atoms with Crippen LogP contribution < -0.4 is 15.4 Å². The normalized spacial score (nSPS) is 11.4. The number of hydrogen-bond donors (Lipinski definition) is 2. The highest BCUT2D eigenvalue weighted by atomic mass is 16.6. The first-order chi connectivity index (χ1) is 11.0. The summed E-state index contributed by atoms with van der Waals surface area (Å²) in [7, 11) is 5.72. The van der Waals surface area contributed by atoms with Crippen LogP contribution in [0, 0.1) is 10.1 Å². The molecule has 0 bridgehead atoms. The van der Waals surface area contributed by atoms with Crippen molar-refractivity contribution in [3.63, 3.8) is 0 Å². The summed E-state index contributed by atoms with van der Waals surface area (Å²) < 4.78 is 5.74. The lowest BCUT2D eigenvalue weighted by atomic mass is 10.2. The van der Waals surface area contributed by atoms with Crippen LogP contribution in [0.1, 0.15) is 18.4 Å². The van der Waals surface area contributed by atoms with Gasteiger partial charge in [-0.15, -0.1) is 0 Å². The van der Waals surface area contributed by atoms with Crippen molar-refractivity contribution < 1.29 is 9.66 Å². The van der Waals surface area contributed by atoms with E-state index in [1.165, 1.54) is 5.56 Å².